The fourth-order valence-electron chi connectivity index (χ4n) is 6.41. The number of fused-ring (bicyclic) bond motifs is 6. The van der Waals surface area contributed by atoms with Gasteiger partial charge in [0.25, 0.3) is 0 Å². The van der Waals surface area contributed by atoms with Crippen LogP contribution in [0.3, 0.4) is 0 Å². The van der Waals surface area contributed by atoms with Crippen molar-refractivity contribution in [2.75, 3.05) is 0 Å². The van der Waals surface area contributed by atoms with E-state index in [0.717, 1.165) is 55.3 Å². The Labute approximate surface area is 241 Å². The molecule has 0 bridgehead atoms. The summed E-state index contributed by atoms with van der Waals surface area (Å²) < 4.78 is 12.7. The molecule has 0 radical (unpaired) electrons. The number of oxazole rings is 1. The smallest absolute Gasteiger partial charge is 0.227 e. The summed E-state index contributed by atoms with van der Waals surface area (Å²) in [7, 11) is 0. The van der Waals surface area contributed by atoms with Crippen LogP contribution in [0.15, 0.2) is 148 Å². The Bertz CT molecular complexity index is 2410. The number of hydrogen-bond donors (Lipinski definition) is 0. The highest BCUT2D eigenvalue weighted by Crippen LogP contribution is 2.45. The van der Waals surface area contributed by atoms with Crippen LogP contribution >= 0.6 is 0 Å². The molecule has 0 aliphatic carbocycles. The molecule has 196 valence electrons. The largest absolute Gasteiger partial charge is 0.456 e. The lowest BCUT2D eigenvalue weighted by Gasteiger charge is -2.16. The molecule has 2 aromatic heterocycles. The molecule has 0 saturated carbocycles. The maximum absolute atomic E-state index is 6.60. The van der Waals surface area contributed by atoms with Crippen LogP contribution in [-0.2, 0) is 0 Å². The molecule has 0 amide bonds. The third-order valence-electron chi connectivity index (χ3n) is 8.30. The average Bonchev–Trinajstić information content (AvgIpc) is 3.68. The molecule has 2 heterocycles. The van der Waals surface area contributed by atoms with Gasteiger partial charge in [-0.05, 0) is 79.8 Å². The van der Waals surface area contributed by atoms with E-state index in [4.69, 9.17) is 13.8 Å². The highest BCUT2D eigenvalue weighted by molar-refractivity contribution is 6.22. The Kier molecular flexibility index (Phi) is 4.90. The van der Waals surface area contributed by atoms with Gasteiger partial charge in [-0.3, -0.25) is 0 Å². The number of furan rings is 1. The van der Waals surface area contributed by atoms with Crippen molar-refractivity contribution >= 4 is 54.4 Å². The van der Waals surface area contributed by atoms with Crippen LogP contribution in [0.25, 0.3) is 88.3 Å². The fraction of sp³-hybridized carbons (Fsp3) is 0. The summed E-state index contributed by atoms with van der Waals surface area (Å²) in [5, 5.41) is 8.18. The van der Waals surface area contributed by atoms with Gasteiger partial charge in [0.05, 0.1) is 0 Å². The topological polar surface area (TPSA) is 39.2 Å². The lowest BCUT2D eigenvalue weighted by Crippen LogP contribution is -1.90. The van der Waals surface area contributed by atoms with Gasteiger partial charge in [-0.1, -0.05) is 103 Å². The minimum Gasteiger partial charge on any atom is -0.456 e. The van der Waals surface area contributed by atoms with Gasteiger partial charge in [0.2, 0.25) is 5.89 Å². The molecule has 9 rings (SSSR count). The van der Waals surface area contributed by atoms with Gasteiger partial charge >= 0.3 is 0 Å². The van der Waals surface area contributed by atoms with Crippen LogP contribution in [0.4, 0.5) is 0 Å². The number of nitrogens with zero attached hydrogens (tertiary/aromatic N) is 1. The number of hydrogen-bond acceptors (Lipinski definition) is 3. The Morgan fingerprint density at radius 3 is 1.76 bits per heavy atom. The fourth-order valence-corrected chi connectivity index (χ4v) is 6.41. The Morgan fingerprint density at radius 2 is 1.02 bits per heavy atom. The summed E-state index contributed by atoms with van der Waals surface area (Å²) in [4.78, 5) is 4.86. The van der Waals surface area contributed by atoms with Gasteiger partial charge in [0.1, 0.15) is 16.9 Å². The summed E-state index contributed by atoms with van der Waals surface area (Å²) in [6.07, 6.45) is 0. The van der Waals surface area contributed by atoms with Crippen molar-refractivity contribution < 1.29 is 8.83 Å². The van der Waals surface area contributed by atoms with Gasteiger partial charge in [-0.2, -0.15) is 0 Å². The molecule has 0 atom stereocenters. The van der Waals surface area contributed by atoms with Gasteiger partial charge in [-0.25, -0.2) is 4.98 Å². The van der Waals surface area contributed by atoms with Crippen molar-refractivity contribution in [3.05, 3.63) is 140 Å². The first-order valence-electron chi connectivity index (χ1n) is 14.1. The first kappa shape index (κ1) is 23.1. The van der Waals surface area contributed by atoms with E-state index in [1.807, 2.05) is 36.4 Å². The van der Waals surface area contributed by atoms with Crippen molar-refractivity contribution in [2.45, 2.75) is 0 Å². The third kappa shape index (κ3) is 3.44. The van der Waals surface area contributed by atoms with Crippen molar-refractivity contribution in [3.8, 4) is 33.9 Å². The maximum atomic E-state index is 6.60. The molecule has 0 spiro atoms. The molecule has 0 unspecified atom stereocenters. The minimum atomic E-state index is 0.630. The zero-order valence-electron chi connectivity index (χ0n) is 22.5. The van der Waals surface area contributed by atoms with Gasteiger partial charge in [0, 0.05) is 16.5 Å². The predicted molar refractivity (Wildman–Crippen MR) is 173 cm³/mol. The molecule has 3 heteroatoms. The van der Waals surface area contributed by atoms with E-state index in [1.165, 1.54) is 27.1 Å². The van der Waals surface area contributed by atoms with Crippen LogP contribution in [0.2, 0.25) is 0 Å². The lowest BCUT2D eigenvalue weighted by atomic mass is 9.87. The molecule has 9 aromatic rings. The zero-order chi connectivity index (χ0) is 27.6. The summed E-state index contributed by atoms with van der Waals surface area (Å²) in [6, 6.07) is 48.5. The van der Waals surface area contributed by atoms with E-state index >= 15 is 0 Å². The van der Waals surface area contributed by atoms with Crippen LogP contribution in [0.5, 0.6) is 0 Å². The Morgan fingerprint density at radius 1 is 0.405 bits per heavy atom. The Hall–Kier alpha value is -5.67. The molecule has 7 aromatic carbocycles. The van der Waals surface area contributed by atoms with Crippen molar-refractivity contribution in [3.63, 3.8) is 0 Å². The minimum absolute atomic E-state index is 0.630. The second kappa shape index (κ2) is 8.92. The SMILES string of the molecule is c1ccc(-c2nc3cc(-c4c5ccccc5c(-c5cc6c(ccc7ccccc76)o5)c5ccccc45)ccc3o2)cc1. The van der Waals surface area contributed by atoms with E-state index in [2.05, 4.69) is 103 Å². The zero-order valence-corrected chi connectivity index (χ0v) is 22.5. The van der Waals surface area contributed by atoms with Crippen LogP contribution < -0.4 is 0 Å². The number of benzene rings is 7. The molecule has 42 heavy (non-hydrogen) atoms. The molecule has 3 nitrogen and oxygen atoms in total. The highest BCUT2D eigenvalue weighted by atomic mass is 16.3. The monoisotopic (exact) mass is 537 g/mol. The van der Waals surface area contributed by atoms with E-state index < -0.39 is 0 Å². The van der Waals surface area contributed by atoms with Crippen molar-refractivity contribution in [1.29, 1.82) is 0 Å². The maximum Gasteiger partial charge on any atom is 0.227 e. The summed E-state index contributed by atoms with van der Waals surface area (Å²) in [5.41, 5.74) is 6.87. The van der Waals surface area contributed by atoms with Gasteiger partial charge < -0.3 is 8.83 Å². The Balaban J connectivity index is 1.31. The molecule has 0 fully saturated rings. The van der Waals surface area contributed by atoms with Crippen molar-refractivity contribution in [1.82, 2.24) is 4.98 Å². The van der Waals surface area contributed by atoms with E-state index in [1.54, 1.807) is 0 Å². The average molecular weight is 538 g/mol. The number of aromatic nitrogens is 1. The molecule has 0 aliphatic rings. The molecule has 0 aliphatic heterocycles. The number of rotatable bonds is 3. The highest BCUT2D eigenvalue weighted by Gasteiger charge is 2.20. The van der Waals surface area contributed by atoms with Crippen molar-refractivity contribution in [2.24, 2.45) is 0 Å². The molecular formula is C39H23NO2. The summed E-state index contributed by atoms with van der Waals surface area (Å²) in [5.74, 6) is 1.50. The summed E-state index contributed by atoms with van der Waals surface area (Å²) >= 11 is 0. The molecular weight excluding hydrogens is 514 g/mol. The first-order valence-corrected chi connectivity index (χ1v) is 14.1. The van der Waals surface area contributed by atoms with E-state index in [-0.39, 0.29) is 0 Å². The quantitative estimate of drug-likeness (QED) is 0.210. The first-order chi connectivity index (χ1) is 20.8. The second-order valence-electron chi connectivity index (χ2n) is 10.7. The van der Waals surface area contributed by atoms with Crippen LogP contribution in [-0.4, -0.2) is 4.98 Å². The van der Waals surface area contributed by atoms with E-state index in [9.17, 15) is 0 Å². The predicted octanol–water partition coefficient (Wildman–Crippen LogP) is 11.0. The second-order valence-corrected chi connectivity index (χ2v) is 10.7. The third-order valence-corrected chi connectivity index (χ3v) is 8.30. The summed E-state index contributed by atoms with van der Waals surface area (Å²) in [6.45, 7) is 0. The van der Waals surface area contributed by atoms with Crippen LogP contribution in [0, 0.1) is 0 Å². The van der Waals surface area contributed by atoms with Gasteiger partial charge in [-0.15, -0.1) is 0 Å². The molecule has 0 N–H and O–H groups in total. The normalized spacial score (nSPS) is 11.8. The standard InChI is InChI=1S/C39H23NO2/c1-2-11-25(12-3-1)39-40-33-22-26(19-21-35(33)42-39)37-28-14-6-8-16-30(28)38(31-17-9-7-15-29(31)37)36-23-32-27-13-5-4-10-24(27)18-20-34(32)41-36/h1-23H. The van der Waals surface area contributed by atoms with E-state index in [0.29, 0.717) is 5.89 Å². The molecule has 0 saturated heterocycles. The van der Waals surface area contributed by atoms with Gasteiger partial charge in [0.15, 0.2) is 5.58 Å². The van der Waals surface area contributed by atoms with Crippen LogP contribution in [0.1, 0.15) is 0 Å². The lowest BCUT2D eigenvalue weighted by molar-refractivity contribution is 0.620.